The van der Waals surface area contributed by atoms with Gasteiger partial charge in [0.15, 0.2) is 22.4 Å². The standard InChI is InChI=1S/C38H37NO7/c1-8-10-12-13-20-21-15-18(3)26(19(4)39-14-11-9-2)35-33-27(21)32-28(36(20)42)22(40)16-24(44-5)30(32)31-25(45-6)17-23(41)29(34(31)33)37(43)38(35)46-7/h8-9,15-17,26,42-43H,1-2,10-14H2,3-7H3. The molecule has 46 heavy (non-hydrogen) atoms. The topological polar surface area (TPSA) is 115 Å². The SMILES string of the molecule is C=CCCCc1c(O)c2c(=O)cc(OC)c3c4c(OC)cc(=O)c5c(O)c(OC)c6c(c(c1C=C(C)C6C(C)=NCCC=C)c23)c54. The Morgan fingerprint density at radius 3 is 1.98 bits per heavy atom. The lowest BCUT2D eigenvalue weighted by atomic mass is 9.80. The summed E-state index contributed by atoms with van der Waals surface area (Å²) in [5.74, 6) is -0.160. The van der Waals surface area contributed by atoms with E-state index in [1.807, 2.05) is 32.1 Å². The molecule has 0 bridgehead atoms. The molecule has 0 spiro atoms. The van der Waals surface area contributed by atoms with Crippen LogP contribution in [0.4, 0.5) is 0 Å². The van der Waals surface area contributed by atoms with E-state index in [0.717, 1.165) is 16.8 Å². The minimum absolute atomic E-state index is 0.0743. The van der Waals surface area contributed by atoms with Crippen LogP contribution >= 0.6 is 0 Å². The number of nitrogens with zero attached hydrogens (tertiary/aromatic N) is 1. The van der Waals surface area contributed by atoms with Crippen LogP contribution in [0.15, 0.2) is 57.6 Å². The van der Waals surface area contributed by atoms with Crippen molar-refractivity contribution in [2.45, 2.75) is 45.4 Å². The monoisotopic (exact) mass is 619 g/mol. The molecule has 0 aliphatic heterocycles. The van der Waals surface area contributed by atoms with Gasteiger partial charge in [-0.05, 0) is 55.9 Å². The maximum Gasteiger partial charge on any atom is 0.194 e. The average Bonchev–Trinajstić information content (AvgIpc) is 3.16. The molecule has 8 nitrogen and oxygen atoms in total. The Morgan fingerprint density at radius 1 is 0.826 bits per heavy atom. The zero-order valence-corrected chi connectivity index (χ0v) is 26.8. The van der Waals surface area contributed by atoms with Crippen LogP contribution in [-0.2, 0) is 6.42 Å². The summed E-state index contributed by atoms with van der Waals surface area (Å²) in [4.78, 5) is 32.6. The summed E-state index contributed by atoms with van der Waals surface area (Å²) in [7, 11) is 4.41. The zero-order chi connectivity index (χ0) is 33.0. The van der Waals surface area contributed by atoms with Crippen LogP contribution in [0.5, 0.6) is 28.7 Å². The van der Waals surface area contributed by atoms with Gasteiger partial charge in [0.2, 0.25) is 0 Å². The molecule has 0 amide bonds. The molecule has 1 aliphatic carbocycles. The summed E-state index contributed by atoms with van der Waals surface area (Å²) < 4.78 is 17.6. The van der Waals surface area contributed by atoms with Crippen molar-refractivity contribution in [2.75, 3.05) is 27.9 Å². The summed E-state index contributed by atoms with van der Waals surface area (Å²) in [6, 6.07) is 2.69. The van der Waals surface area contributed by atoms with Crippen molar-refractivity contribution in [2.24, 2.45) is 4.99 Å². The van der Waals surface area contributed by atoms with Gasteiger partial charge in [-0.3, -0.25) is 14.6 Å². The van der Waals surface area contributed by atoms with Gasteiger partial charge >= 0.3 is 0 Å². The molecule has 0 heterocycles. The Morgan fingerprint density at radius 2 is 1.41 bits per heavy atom. The highest BCUT2D eigenvalue weighted by Gasteiger charge is 2.36. The first kappa shape index (κ1) is 30.9. The summed E-state index contributed by atoms with van der Waals surface area (Å²) >= 11 is 0. The van der Waals surface area contributed by atoms with E-state index in [0.29, 0.717) is 75.7 Å². The highest BCUT2D eigenvalue weighted by Crippen LogP contribution is 2.57. The first-order chi connectivity index (χ1) is 22.2. The predicted octanol–water partition coefficient (Wildman–Crippen LogP) is 7.38. The fraction of sp³-hybridized carbons (Fsp3) is 0.289. The van der Waals surface area contributed by atoms with E-state index in [1.165, 1.54) is 33.5 Å². The molecule has 0 fully saturated rings. The summed E-state index contributed by atoms with van der Waals surface area (Å²) in [5, 5.41) is 27.4. The number of benzene rings is 5. The molecule has 1 atom stereocenters. The highest BCUT2D eigenvalue weighted by molar-refractivity contribution is 6.39. The summed E-state index contributed by atoms with van der Waals surface area (Å²) in [6.45, 7) is 12.1. The Bertz CT molecular complexity index is 2260. The number of fused-ring (bicyclic) bond motifs is 1. The van der Waals surface area contributed by atoms with Crippen LogP contribution in [0, 0.1) is 0 Å². The lowest BCUT2D eigenvalue weighted by Gasteiger charge is -2.26. The zero-order valence-electron chi connectivity index (χ0n) is 26.8. The van der Waals surface area contributed by atoms with Gasteiger partial charge < -0.3 is 24.4 Å². The van der Waals surface area contributed by atoms with Gasteiger partial charge in [0.05, 0.1) is 32.1 Å². The van der Waals surface area contributed by atoms with E-state index in [-0.39, 0.29) is 39.5 Å². The second-order valence-electron chi connectivity index (χ2n) is 11.8. The predicted molar refractivity (Wildman–Crippen MR) is 187 cm³/mol. The van der Waals surface area contributed by atoms with Gasteiger partial charge in [0, 0.05) is 63.0 Å². The smallest absolute Gasteiger partial charge is 0.194 e. The maximum atomic E-state index is 13.9. The van der Waals surface area contributed by atoms with Crippen molar-refractivity contribution in [1.82, 2.24) is 0 Å². The van der Waals surface area contributed by atoms with E-state index in [9.17, 15) is 19.8 Å². The van der Waals surface area contributed by atoms with Crippen LogP contribution in [0.25, 0.3) is 49.2 Å². The molecule has 0 saturated heterocycles. The second kappa shape index (κ2) is 11.7. The molecule has 8 heteroatoms. The molecule has 236 valence electrons. The first-order valence-electron chi connectivity index (χ1n) is 15.3. The van der Waals surface area contributed by atoms with E-state index < -0.39 is 16.8 Å². The number of aliphatic imine (C=N–C) groups is 1. The van der Waals surface area contributed by atoms with Gasteiger partial charge in [0.25, 0.3) is 0 Å². The van der Waals surface area contributed by atoms with E-state index in [1.54, 1.807) is 0 Å². The number of phenolic OH excluding ortho intramolecular Hbond substituents is 2. The molecular weight excluding hydrogens is 582 g/mol. The van der Waals surface area contributed by atoms with Crippen molar-refractivity contribution >= 4 is 54.9 Å². The Kier molecular flexibility index (Phi) is 7.84. The van der Waals surface area contributed by atoms with Crippen molar-refractivity contribution < 1.29 is 24.4 Å². The van der Waals surface area contributed by atoms with E-state index in [4.69, 9.17) is 19.2 Å². The Balaban J connectivity index is 2.04. The lowest BCUT2D eigenvalue weighted by molar-refractivity contribution is 0.373. The maximum absolute atomic E-state index is 13.9. The summed E-state index contributed by atoms with van der Waals surface area (Å²) in [6.07, 6.45) is 8.24. The normalized spacial score (nSPS) is 14.8. The quantitative estimate of drug-likeness (QED) is 0.0521. The summed E-state index contributed by atoms with van der Waals surface area (Å²) in [5.41, 5.74) is 2.81. The molecule has 6 rings (SSSR count). The van der Waals surface area contributed by atoms with Crippen molar-refractivity contribution in [3.8, 4) is 28.7 Å². The molecule has 0 aromatic heterocycles. The number of rotatable bonds is 11. The van der Waals surface area contributed by atoms with Crippen molar-refractivity contribution in [3.05, 3.63) is 80.2 Å². The Labute approximate surface area is 266 Å². The molecule has 0 saturated carbocycles. The number of ether oxygens (including phenoxy) is 3. The molecular formula is C38H37NO7. The first-order valence-corrected chi connectivity index (χ1v) is 15.3. The van der Waals surface area contributed by atoms with Gasteiger partial charge in [-0.15, -0.1) is 13.2 Å². The van der Waals surface area contributed by atoms with Crippen LogP contribution in [0.1, 0.15) is 55.7 Å². The van der Waals surface area contributed by atoms with Crippen LogP contribution in [-0.4, -0.2) is 43.8 Å². The number of phenols is 2. The molecule has 2 N–H and O–H groups in total. The van der Waals surface area contributed by atoms with E-state index >= 15 is 0 Å². The Hall–Kier alpha value is -5.11. The van der Waals surface area contributed by atoms with Gasteiger partial charge in [-0.25, -0.2) is 0 Å². The number of methoxy groups -OCH3 is 3. The third kappa shape index (κ3) is 4.23. The van der Waals surface area contributed by atoms with Crippen molar-refractivity contribution in [3.63, 3.8) is 0 Å². The molecule has 5 aromatic carbocycles. The van der Waals surface area contributed by atoms with Crippen LogP contribution in [0.3, 0.4) is 0 Å². The average molecular weight is 620 g/mol. The number of hydrogen-bond donors (Lipinski definition) is 2. The number of allylic oxidation sites excluding steroid dienone is 2. The lowest BCUT2D eigenvalue weighted by Crippen LogP contribution is -2.15. The van der Waals surface area contributed by atoms with Gasteiger partial charge in [-0.1, -0.05) is 23.8 Å². The number of hydrogen-bond acceptors (Lipinski definition) is 8. The third-order valence-electron chi connectivity index (χ3n) is 9.30. The highest BCUT2D eigenvalue weighted by atomic mass is 16.5. The minimum Gasteiger partial charge on any atom is -0.507 e. The van der Waals surface area contributed by atoms with Crippen molar-refractivity contribution in [1.29, 1.82) is 0 Å². The fourth-order valence-corrected chi connectivity index (χ4v) is 7.45. The third-order valence-corrected chi connectivity index (χ3v) is 9.30. The second-order valence-corrected chi connectivity index (χ2v) is 11.8. The number of aromatic hydroxyl groups is 2. The van der Waals surface area contributed by atoms with Crippen LogP contribution in [0.2, 0.25) is 0 Å². The van der Waals surface area contributed by atoms with Gasteiger partial charge in [0.1, 0.15) is 17.2 Å². The molecule has 5 aromatic rings. The van der Waals surface area contributed by atoms with Crippen LogP contribution < -0.4 is 25.1 Å². The fourth-order valence-electron chi connectivity index (χ4n) is 7.45. The van der Waals surface area contributed by atoms with Gasteiger partial charge in [-0.2, -0.15) is 0 Å². The largest absolute Gasteiger partial charge is 0.507 e. The number of unbranched alkanes of at least 4 members (excludes halogenated alkanes) is 1. The molecule has 1 aliphatic rings. The molecule has 0 radical (unpaired) electrons. The van der Waals surface area contributed by atoms with E-state index in [2.05, 4.69) is 13.2 Å². The molecule has 1 unspecified atom stereocenters. The minimum atomic E-state index is -0.469.